The molecule has 0 unspecified atom stereocenters. The van der Waals surface area contributed by atoms with Gasteiger partial charge in [-0.2, -0.15) is 0 Å². The molecule has 1 saturated heterocycles. The molecule has 0 saturated carbocycles. The Morgan fingerprint density at radius 1 is 1.19 bits per heavy atom. The Morgan fingerprint density at radius 3 is 2.58 bits per heavy atom. The second-order valence-electron chi connectivity index (χ2n) is 7.61. The second-order valence-corrected chi connectivity index (χ2v) is 8.55. The van der Waals surface area contributed by atoms with E-state index in [4.69, 9.17) is 0 Å². The summed E-state index contributed by atoms with van der Waals surface area (Å²) in [7, 11) is 0. The third-order valence-electron chi connectivity index (χ3n) is 4.98. The van der Waals surface area contributed by atoms with Crippen LogP contribution in [0.25, 0.3) is 0 Å². The maximum Gasteiger partial charge on any atom is 0.225 e. The molecule has 0 spiro atoms. The topological polar surface area (TPSA) is 98.6 Å². The number of aromatic nitrogens is 3. The number of rotatable bonds is 8. The number of guanidine groups is 1. The Bertz CT molecular complexity index is 846. The molecule has 0 bridgehead atoms. The molecule has 0 atom stereocenters. The third-order valence-corrected chi connectivity index (χ3v) is 5.83. The van der Waals surface area contributed by atoms with Gasteiger partial charge in [0.15, 0.2) is 5.96 Å². The fraction of sp³-hybridized carbons (Fsp3) is 0.571. The molecule has 168 valence electrons. The van der Waals surface area contributed by atoms with E-state index >= 15 is 0 Å². The van der Waals surface area contributed by atoms with Gasteiger partial charge in [-0.1, -0.05) is 13.8 Å². The van der Waals surface area contributed by atoms with Crippen molar-refractivity contribution in [2.45, 2.75) is 39.7 Å². The van der Waals surface area contributed by atoms with Crippen LogP contribution in [0.3, 0.4) is 0 Å². The van der Waals surface area contributed by atoms with Crippen molar-refractivity contribution in [2.24, 2.45) is 4.99 Å². The smallest absolute Gasteiger partial charge is 0.225 e. The number of carbonyl (C=O) groups excluding carboxylic acids is 1. The predicted molar refractivity (Wildman–Crippen MR) is 124 cm³/mol. The molecule has 0 aliphatic carbocycles. The van der Waals surface area contributed by atoms with Crippen molar-refractivity contribution < 1.29 is 4.79 Å². The van der Waals surface area contributed by atoms with Crippen LogP contribution in [0.2, 0.25) is 0 Å². The lowest BCUT2D eigenvalue weighted by atomic mass is 10.2. The fourth-order valence-corrected chi connectivity index (χ4v) is 4.09. The van der Waals surface area contributed by atoms with E-state index in [1.807, 2.05) is 11.8 Å². The zero-order chi connectivity index (χ0) is 22.1. The van der Waals surface area contributed by atoms with Crippen LogP contribution in [0.1, 0.15) is 43.8 Å². The lowest BCUT2D eigenvalue weighted by Crippen LogP contribution is -2.50. The van der Waals surface area contributed by atoms with Crippen LogP contribution in [-0.2, 0) is 11.3 Å². The maximum absolute atomic E-state index is 12.6. The summed E-state index contributed by atoms with van der Waals surface area (Å²) in [4.78, 5) is 34.4. The quantitative estimate of drug-likeness (QED) is 0.474. The van der Waals surface area contributed by atoms with Gasteiger partial charge in [-0.05, 0) is 18.9 Å². The van der Waals surface area contributed by atoms with E-state index in [-0.39, 0.29) is 5.91 Å². The summed E-state index contributed by atoms with van der Waals surface area (Å²) in [5.41, 5.74) is 1.11. The third kappa shape index (κ3) is 6.88. The highest BCUT2D eigenvalue weighted by atomic mass is 32.1. The number of piperazine rings is 1. The number of hydrogen-bond acceptors (Lipinski definition) is 7. The van der Waals surface area contributed by atoms with Gasteiger partial charge in [0.25, 0.3) is 0 Å². The Labute approximate surface area is 188 Å². The largest absolute Gasteiger partial charge is 0.357 e. The van der Waals surface area contributed by atoms with Gasteiger partial charge in [-0.25, -0.2) is 19.9 Å². The minimum absolute atomic E-state index is 0.151. The first-order valence-electron chi connectivity index (χ1n) is 10.8. The molecular weight excluding hydrogens is 412 g/mol. The van der Waals surface area contributed by atoms with E-state index in [1.165, 1.54) is 0 Å². The molecule has 2 N–H and O–H groups in total. The monoisotopic (exact) mass is 444 g/mol. The fourth-order valence-electron chi connectivity index (χ4n) is 3.21. The lowest BCUT2D eigenvalue weighted by Gasteiger charge is -2.34. The van der Waals surface area contributed by atoms with E-state index < -0.39 is 0 Å². The number of amides is 1. The van der Waals surface area contributed by atoms with Gasteiger partial charge in [0.1, 0.15) is 5.01 Å². The minimum Gasteiger partial charge on any atom is -0.357 e. The van der Waals surface area contributed by atoms with Crippen molar-refractivity contribution in [1.29, 1.82) is 0 Å². The highest BCUT2D eigenvalue weighted by Gasteiger charge is 2.22. The van der Waals surface area contributed by atoms with Gasteiger partial charge in [-0.15, -0.1) is 11.3 Å². The molecule has 1 fully saturated rings. The van der Waals surface area contributed by atoms with Crippen LogP contribution in [0.4, 0.5) is 5.95 Å². The first-order valence-corrected chi connectivity index (χ1v) is 11.7. The summed E-state index contributed by atoms with van der Waals surface area (Å²) in [5, 5.41) is 9.59. The number of nitrogens with zero attached hydrogens (tertiary/aromatic N) is 6. The van der Waals surface area contributed by atoms with Crippen LogP contribution in [-0.4, -0.2) is 71.0 Å². The summed E-state index contributed by atoms with van der Waals surface area (Å²) < 4.78 is 0. The number of carbonyl (C=O) groups is 1. The Hall–Kier alpha value is -2.75. The summed E-state index contributed by atoms with van der Waals surface area (Å²) in [6, 6.07) is 1.81. The highest BCUT2D eigenvalue weighted by Crippen LogP contribution is 2.18. The molecule has 1 aliphatic rings. The van der Waals surface area contributed by atoms with Crippen molar-refractivity contribution >= 4 is 29.2 Å². The summed E-state index contributed by atoms with van der Waals surface area (Å²) in [6.07, 6.45) is 3.92. The summed E-state index contributed by atoms with van der Waals surface area (Å²) in [6.45, 7) is 11.0. The van der Waals surface area contributed by atoms with Crippen molar-refractivity contribution in [3.8, 4) is 0 Å². The summed E-state index contributed by atoms with van der Waals surface area (Å²) in [5.74, 6) is 2.01. The maximum atomic E-state index is 12.6. The Balaban J connectivity index is 1.42. The molecule has 2 aromatic heterocycles. The number of aliphatic imine (C=N–C) groups is 1. The van der Waals surface area contributed by atoms with Gasteiger partial charge in [0, 0.05) is 63.5 Å². The SMILES string of the molecule is CCNC(=NCc1nc(C(C)C)cs1)NCCC(=O)N1CCN(c2ncccn2)CC1. The summed E-state index contributed by atoms with van der Waals surface area (Å²) >= 11 is 1.64. The van der Waals surface area contributed by atoms with Crippen molar-refractivity contribution in [1.82, 2.24) is 30.5 Å². The molecule has 31 heavy (non-hydrogen) atoms. The molecular formula is C21H32N8OS. The zero-order valence-corrected chi connectivity index (χ0v) is 19.4. The molecule has 3 rings (SSSR count). The molecule has 9 nitrogen and oxygen atoms in total. The van der Waals surface area contributed by atoms with Crippen molar-refractivity contribution in [3.05, 3.63) is 34.5 Å². The molecule has 1 aliphatic heterocycles. The lowest BCUT2D eigenvalue weighted by molar-refractivity contribution is -0.131. The van der Waals surface area contributed by atoms with E-state index in [9.17, 15) is 4.79 Å². The average Bonchev–Trinajstić information content (AvgIpc) is 3.27. The number of anilines is 1. The van der Waals surface area contributed by atoms with E-state index in [2.05, 4.69) is 54.7 Å². The number of nitrogens with one attached hydrogen (secondary N) is 2. The first-order chi connectivity index (χ1) is 15.1. The normalized spacial score (nSPS) is 14.8. The van der Waals surface area contributed by atoms with E-state index in [1.54, 1.807) is 29.8 Å². The Kier molecular flexibility index (Phi) is 8.57. The zero-order valence-electron chi connectivity index (χ0n) is 18.5. The first kappa shape index (κ1) is 22.9. The van der Waals surface area contributed by atoms with Crippen LogP contribution in [0, 0.1) is 0 Å². The van der Waals surface area contributed by atoms with Crippen LogP contribution in [0.15, 0.2) is 28.8 Å². The molecule has 3 heterocycles. The van der Waals surface area contributed by atoms with Crippen LogP contribution in [0.5, 0.6) is 0 Å². The average molecular weight is 445 g/mol. The Morgan fingerprint density at radius 2 is 1.94 bits per heavy atom. The van der Waals surface area contributed by atoms with E-state index in [0.29, 0.717) is 44.5 Å². The van der Waals surface area contributed by atoms with Crippen LogP contribution >= 0.6 is 11.3 Å². The molecule has 2 aromatic rings. The molecule has 10 heteroatoms. The van der Waals surface area contributed by atoms with Gasteiger partial charge in [0.2, 0.25) is 11.9 Å². The second kappa shape index (κ2) is 11.6. The highest BCUT2D eigenvalue weighted by molar-refractivity contribution is 7.09. The van der Waals surface area contributed by atoms with Gasteiger partial charge < -0.3 is 20.4 Å². The number of hydrogen-bond donors (Lipinski definition) is 2. The molecule has 0 aromatic carbocycles. The van der Waals surface area contributed by atoms with Crippen molar-refractivity contribution in [2.75, 3.05) is 44.2 Å². The van der Waals surface area contributed by atoms with Crippen LogP contribution < -0.4 is 15.5 Å². The number of thiazole rings is 1. The standard InChI is InChI=1S/C21H32N8OS/c1-4-22-20(26-14-18-27-17(15-31-18)16(2)3)23-9-6-19(30)28-10-12-29(13-11-28)21-24-7-5-8-25-21/h5,7-8,15-16H,4,6,9-14H2,1-3H3,(H2,22,23,26). The van der Waals surface area contributed by atoms with Crippen molar-refractivity contribution in [3.63, 3.8) is 0 Å². The van der Waals surface area contributed by atoms with Gasteiger partial charge in [-0.3, -0.25) is 4.79 Å². The van der Waals surface area contributed by atoms with Gasteiger partial charge >= 0.3 is 0 Å². The molecule has 1 amide bonds. The molecule has 0 radical (unpaired) electrons. The van der Waals surface area contributed by atoms with E-state index in [0.717, 1.165) is 36.3 Å². The predicted octanol–water partition coefficient (Wildman–Crippen LogP) is 1.85. The minimum atomic E-state index is 0.151. The van der Waals surface area contributed by atoms with Gasteiger partial charge in [0.05, 0.1) is 12.2 Å².